The third-order valence-corrected chi connectivity index (χ3v) is 9.09. The quantitative estimate of drug-likeness (QED) is 0.162. The van der Waals surface area contributed by atoms with E-state index in [4.69, 9.17) is 20.0 Å². The summed E-state index contributed by atoms with van der Waals surface area (Å²) in [5, 5.41) is 36.9. The minimum atomic E-state index is -1.64. The molecule has 1 radical (unpaired) electrons. The summed E-state index contributed by atoms with van der Waals surface area (Å²) in [6.45, 7) is 11.3. The predicted octanol–water partition coefficient (Wildman–Crippen LogP) is -6.21. The molecule has 1 aliphatic carbocycles. The van der Waals surface area contributed by atoms with E-state index in [0.29, 0.717) is 62.7 Å². The van der Waals surface area contributed by atoms with Crippen LogP contribution in [-0.2, 0) is 26.7 Å². The van der Waals surface area contributed by atoms with Gasteiger partial charge in [-0.05, 0) is 67.6 Å². The van der Waals surface area contributed by atoms with Gasteiger partial charge in [-0.2, -0.15) is 0 Å². The molecule has 8 bridgehead atoms. The number of rotatable bonds is 6. The van der Waals surface area contributed by atoms with Gasteiger partial charge in [-0.1, -0.05) is 38.1 Å². The second-order valence-electron chi connectivity index (χ2n) is 11.4. The summed E-state index contributed by atoms with van der Waals surface area (Å²) in [4.78, 5) is 56.9. The molecule has 4 aliphatic heterocycles. The molecule has 1 aromatic heterocycles. The van der Waals surface area contributed by atoms with Gasteiger partial charge < -0.3 is 29.9 Å². The fourth-order valence-corrected chi connectivity index (χ4v) is 6.75. The zero-order valence-corrected chi connectivity index (χ0v) is 31.9. The maximum absolute atomic E-state index is 13.7. The van der Waals surface area contributed by atoms with E-state index in [1.807, 2.05) is 20.8 Å². The van der Waals surface area contributed by atoms with Crippen molar-refractivity contribution in [1.29, 1.82) is 0 Å². The Morgan fingerprint density at radius 1 is 1.06 bits per heavy atom. The summed E-state index contributed by atoms with van der Waals surface area (Å²) in [7, 11) is 0. The number of hydrogen-bond acceptors (Lipinski definition) is 9. The number of aromatic nitrogens is 1. The van der Waals surface area contributed by atoms with Crippen LogP contribution in [0.25, 0.3) is 11.6 Å². The largest absolute Gasteiger partial charge is 2.00 e. The summed E-state index contributed by atoms with van der Waals surface area (Å²) in [6, 6.07) is 0. The van der Waals surface area contributed by atoms with E-state index in [9.17, 15) is 29.7 Å². The van der Waals surface area contributed by atoms with E-state index in [0.717, 1.165) is 17.4 Å². The molecule has 13 heteroatoms. The molecule has 47 heavy (non-hydrogen) atoms. The van der Waals surface area contributed by atoms with Crippen molar-refractivity contribution in [3.8, 4) is 0 Å². The number of fused-ring (bicyclic) bond motifs is 5. The normalized spacial score (nSPS) is 23.2. The molecule has 0 saturated carbocycles. The van der Waals surface area contributed by atoms with E-state index >= 15 is 0 Å². The van der Waals surface area contributed by atoms with Crippen molar-refractivity contribution in [2.24, 2.45) is 32.7 Å². The van der Waals surface area contributed by atoms with Gasteiger partial charge in [0.2, 0.25) is 0 Å². The standard InChI is InChI=1S/C34H32N4O6.Cu.2Na/c1-6-17-14(3)21-10-22-15(4)19(8-9-27(40)41)31(37-22)29-30(34(43)44)33(42)28-16(5)23(38-32(28)29)11-25-18(7-2)20(13-39)26(36-25)12-24(17)35-21;;;/h6,10-13,15,19,30H,1,7-9H2,2-5H3,(H4,35,36,37,38,39,40,41,42,43,44);;;/q;+2;2*+1/p-4/t15-,19-,30+;;;/m0.../s1. The Bertz CT molecular complexity index is 2010. The molecule has 0 unspecified atom stereocenters. The smallest absolute Gasteiger partial charge is 0.877 e. The van der Waals surface area contributed by atoms with Gasteiger partial charge >= 0.3 is 76.2 Å². The molecule has 0 N–H and O–H groups in total. The van der Waals surface area contributed by atoms with Gasteiger partial charge in [-0.25, -0.2) is 9.98 Å². The van der Waals surface area contributed by atoms with Crippen LogP contribution in [0.2, 0.25) is 0 Å². The number of carbonyl (C=O) groups excluding carboxylic acids is 3. The Hall–Kier alpha value is -2.60. The number of Topliss-reactive ketones (excluding diaryl/α,β-unsaturated/α-hetero) is 1. The molecule has 0 saturated heterocycles. The van der Waals surface area contributed by atoms with Crippen molar-refractivity contribution in [3.05, 3.63) is 92.3 Å². The molecule has 0 aromatic carbocycles. The van der Waals surface area contributed by atoms with Crippen molar-refractivity contribution in [1.82, 2.24) is 4.98 Å². The minimum absolute atomic E-state index is 0. The first kappa shape index (κ1) is 38.8. The average molecular weight is 698 g/mol. The fraction of sp³-hybridized carbons (Fsp3) is 0.294. The molecule has 0 spiro atoms. The number of ketones is 1. The Labute approximate surface area is 326 Å². The first-order valence-electron chi connectivity index (χ1n) is 14.4. The summed E-state index contributed by atoms with van der Waals surface area (Å²) < 4.78 is 0. The Kier molecular flexibility index (Phi) is 12.3. The van der Waals surface area contributed by atoms with Gasteiger partial charge in [0.1, 0.15) is 0 Å². The fourth-order valence-electron chi connectivity index (χ4n) is 6.75. The number of hydrogen-bond donors (Lipinski definition) is 0. The molecule has 0 fully saturated rings. The number of carbonyl (C=O) groups is 3. The third-order valence-electron chi connectivity index (χ3n) is 9.09. The first-order chi connectivity index (χ1) is 21.0. The molecule has 5 heterocycles. The van der Waals surface area contributed by atoms with Crippen LogP contribution in [0.3, 0.4) is 0 Å². The van der Waals surface area contributed by atoms with Gasteiger partial charge in [0.15, 0.2) is 5.78 Å². The van der Waals surface area contributed by atoms with Gasteiger partial charge in [0.25, 0.3) is 0 Å². The van der Waals surface area contributed by atoms with Gasteiger partial charge in [-0.3, -0.25) is 9.79 Å². The maximum Gasteiger partial charge on any atom is 2.00 e. The summed E-state index contributed by atoms with van der Waals surface area (Å²) in [5.41, 5.74) is 6.37. The van der Waals surface area contributed by atoms with Crippen LogP contribution in [0, 0.1) is 24.7 Å². The molecule has 1 aromatic rings. The van der Waals surface area contributed by atoms with Gasteiger partial charge in [0, 0.05) is 40.4 Å². The maximum atomic E-state index is 13.7. The third kappa shape index (κ3) is 6.33. The number of aliphatic imine (C=N–C) groups is 3. The molecule has 6 rings (SSSR count). The number of aliphatic carboxylic acids is 2. The zero-order chi connectivity index (χ0) is 31.6. The first-order valence-corrected chi connectivity index (χ1v) is 14.4. The van der Waals surface area contributed by atoms with Crippen LogP contribution in [0.4, 0.5) is 0 Å². The molecule has 5 aliphatic rings. The van der Waals surface area contributed by atoms with Crippen LogP contribution in [0.1, 0.15) is 56.0 Å². The van der Waals surface area contributed by atoms with Crippen LogP contribution < -0.4 is 90.1 Å². The number of carboxylic acid groups (broad SMARTS) is 2. The second-order valence-corrected chi connectivity index (χ2v) is 11.4. The Morgan fingerprint density at radius 3 is 2.36 bits per heavy atom. The molecule has 0 amide bonds. The molecular formula is C34H28CuN4Na2O6. The summed E-state index contributed by atoms with van der Waals surface area (Å²) in [5.74, 6) is -6.00. The van der Waals surface area contributed by atoms with Crippen molar-refractivity contribution in [2.45, 2.75) is 47.0 Å². The van der Waals surface area contributed by atoms with Crippen molar-refractivity contribution >= 4 is 46.5 Å². The van der Waals surface area contributed by atoms with Crippen molar-refractivity contribution in [3.63, 3.8) is 0 Å². The minimum Gasteiger partial charge on any atom is -0.877 e. The molecule has 3 atom stereocenters. The average Bonchev–Trinajstić information content (AvgIpc) is 3.72. The van der Waals surface area contributed by atoms with E-state index in [1.165, 1.54) is 0 Å². The second kappa shape index (κ2) is 14.9. The monoisotopic (exact) mass is 697 g/mol. The van der Waals surface area contributed by atoms with Crippen LogP contribution in [0.5, 0.6) is 0 Å². The number of nitrogens with zero attached hydrogens (tertiary/aromatic N) is 4. The summed E-state index contributed by atoms with van der Waals surface area (Å²) >= 11 is 0. The number of allylic oxidation sites excluding steroid dienone is 8. The molecule has 10 nitrogen and oxygen atoms in total. The zero-order valence-electron chi connectivity index (χ0n) is 27.0. The van der Waals surface area contributed by atoms with Crippen LogP contribution >= 0.6 is 0 Å². The predicted molar refractivity (Wildman–Crippen MR) is 158 cm³/mol. The van der Waals surface area contributed by atoms with E-state index < -0.39 is 29.6 Å². The SMILES string of the molecule is C=CC1=C(C)C2=NC1=CC1=NC(=C(CC)C1=C[O-])C=c1[n-]c3c(c1C)C(=O)[C@H](C(=O)[O-])C=3C1=NC(=C2)[C@@H](C)[C@@H]1CCC(=O)[O-].[Cu+2].[Na+].[Na+]. The number of carboxylic acids is 2. The Balaban J connectivity index is 0.00000200. The van der Waals surface area contributed by atoms with Crippen LogP contribution in [-0.4, -0.2) is 34.9 Å². The molecule has 233 valence electrons. The van der Waals surface area contributed by atoms with Gasteiger partial charge in [-0.15, -0.1) is 17.0 Å². The molecular weight excluding hydrogens is 670 g/mol. The van der Waals surface area contributed by atoms with Crippen molar-refractivity contribution in [2.75, 3.05) is 0 Å². The topological polar surface area (TPSA) is 172 Å². The van der Waals surface area contributed by atoms with E-state index in [2.05, 4.69) is 6.58 Å². The van der Waals surface area contributed by atoms with Crippen molar-refractivity contribution < 1.29 is 106 Å². The van der Waals surface area contributed by atoms with E-state index in [1.54, 1.807) is 31.2 Å². The van der Waals surface area contributed by atoms with Crippen LogP contribution in [0.15, 0.2) is 85.4 Å². The summed E-state index contributed by atoms with van der Waals surface area (Å²) in [6.07, 6.45) is 8.01. The Morgan fingerprint density at radius 2 is 1.77 bits per heavy atom. The van der Waals surface area contributed by atoms with Gasteiger partial charge in [0.05, 0.1) is 34.7 Å². The van der Waals surface area contributed by atoms with E-state index in [-0.39, 0.29) is 111 Å².